The molecule has 0 aliphatic heterocycles. The molecule has 1 rings (SSSR count). The number of nitrogens with one attached hydrogen (secondary N) is 2. The summed E-state index contributed by atoms with van der Waals surface area (Å²) in [5.74, 6) is -2.68. The number of carboxylic acids is 1. The highest BCUT2D eigenvalue weighted by Crippen LogP contribution is 2.12. The van der Waals surface area contributed by atoms with Gasteiger partial charge in [-0.25, -0.2) is 13.6 Å². The Morgan fingerprint density at radius 3 is 2.29 bits per heavy atom. The molecule has 1 aromatic rings. The SMILES string of the molecule is O=C(O)CCNC(=O)Nc1cc(F)cc(F)c1. The minimum Gasteiger partial charge on any atom is -0.481 e. The van der Waals surface area contributed by atoms with Crippen LogP contribution >= 0.6 is 0 Å². The number of rotatable bonds is 4. The van der Waals surface area contributed by atoms with Crippen molar-refractivity contribution in [3.05, 3.63) is 29.8 Å². The molecular weight excluding hydrogens is 234 g/mol. The van der Waals surface area contributed by atoms with E-state index < -0.39 is 23.6 Å². The summed E-state index contributed by atoms with van der Waals surface area (Å²) in [5, 5.41) is 12.7. The van der Waals surface area contributed by atoms with Crippen LogP contribution in [0.1, 0.15) is 6.42 Å². The van der Waals surface area contributed by atoms with Gasteiger partial charge in [0, 0.05) is 18.3 Å². The van der Waals surface area contributed by atoms with E-state index in [4.69, 9.17) is 5.11 Å². The second kappa shape index (κ2) is 5.78. The first-order valence-corrected chi connectivity index (χ1v) is 4.70. The summed E-state index contributed by atoms with van der Waals surface area (Å²) in [5.41, 5.74) is -0.0460. The Morgan fingerprint density at radius 1 is 1.18 bits per heavy atom. The van der Waals surface area contributed by atoms with Crippen LogP contribution in [-0.4, -0.2) is 23.7 Å². The molecule has 2 amide bonds. The third kappa shape index (κ3) is 4.92. The molecule has 0 aliphatic rings. The van der Waals surface area contributed by atoms with Crippen molar-refractivity contribution >= 4 is 17.7 Å². The molecule has 0 aliphatic carbocycles. The molecule has 0 atom stereocenters. The lowest BCUT2D eigenvalue weighted by Gasteiger charge is -2.06. The standard InChI is InChI=1S/C10H10F2N2O3/c11-6-3-7(12)5-8(4-6)14-10(17)13-2-1-9(15)16/h3-5H,1-2H2,(H,15,16)(H2,13,14,17). The van der Waals surface area contributed by atoms with E-state index in [2.05, 4.69) is 10.6 Å². The van der Waals surface area contributed by atoms with Gasteiger partial charge in [0.1, 0.15) is 11.6 Å². The average molecular weight is 244 g/mol. The number of carbonyl (C=O) groups is 2. The van der Waals surface area contributed by atoms with Gasteiger partial charge in [-0.1, -0.05) is 0 Å². The zero-order chi connectivity index (χ0) is 12.8. The lowest BCUT2D eigenvalue weighted by atomic mass is 10.3. The highest BCUT2D eigenvalue weighted by atomic mass is 19.1. The van der Waals surface area contributed by atoms with E-state index >= 15 is 0 Å². The van der Waals surface area contributed by atoms with Gasteiger partial charge in [0.2, 0.25) is 0 Å². The number of amides is 2. The second-order valence-electron chi connectivity index (χ2n) is 3.18. The largest absolute Gasteiger partial charge is 0.481 e. The van der Waals surface area contributed by atoms with Gasteiger partial charge in [0.15, 0.2) is 0 Å². The number of hydrogen-bond acceptors (Lipinski definition) is 2. The van der Waals surface area contributed by atoms with Crippen LogP contribution < -0.4 is 10.6 Å². The first kappa shape index (κ1) is 12.9. The summed E-state index contributed by atoms with van der Waals surface area (Å²) < 4.78 is 25.5. The van der Waals surface area contributed by atoms with Gasteiger partial charge in [0.05, 0.1) is 6.42 Å². The molecule has 0 heterocycles. The van der Waals surface area contributed by atoms with Gasteiger partial charge in [-0.2, -0.15) is 0 Å². The third-order valence-corrected chi connectivity index (χ3v) is 1.74. The van der Waals surface area contributed by atoms with E-state index in [1.165, 1.54) is 0 Å². The maximum absolute atomic E-state index is 12.7. The molecule has 0 radical (unpaired) electrons. The van der Waals surface area contributed by atoms with E-state index in [9.17, 15) is 18.4 Å². The fraction of sp³-hybridized carbons (Fsp3) is 0.200. The Labute approximate surface area is 95.4 Å². The minimum atomic E-state index is -1.05. The molecule has 17 heavy (non-hydrogen) atoms. The number of urea groups is 1. The molecular formula is C10H10F2N2O3. The summed E-state index contributed by atoms with van der Waals surface area (Å²) in [6.45, 7) is -0.0705. The Kier molecular flexibility index (Phi) is 4.38. The molecule has 0 saturated carbocycles. The fourth-order valence-corrected chi connectivity index (χ4v) is 1.08. The van der Waals surface area contributed by atoms with E-state index in [0.29, 0.717) is 6.07 Å². The van der Waals surface area contributed by atoms with Crippen LogP contribution in [0.15, 0.2) is 18.2 Å². The summed E-state index contributed by atoms with van der Waals surface area (Å²) in [6.07, 6.45) is -0.231. The number of halogens is 2. The Morgan fingerprint density at radius 2 is 1.76 bits per heavy atom. The molecule has 0 fully saturated rings. The zero-order valence-electron chi connectivity index (χ0n) is 8.67. The van der Waals surface area contributed by atoms with Crippen molar-refractivity contribution in [2.45, 2.75) is 6.42 Å². The van der Waals surface area contributed by atoms with Gasteiger partial charge in [0.25, 0.3) is 0 Å². The smallest absolute Gasteiger partial charge is 0.319 e. The van der Waals surface area contributed by atoms with Crippen LogP contribution in [0.5, 0.6) is 0 Å². The molecule has 0 bridgehead atoms. The maximum atomic E-state index is 12.7. The Balaban J connectivity index is 2.47. The predicted octanol–water partition coefficient (Wildman–Crippen LogP) is 1.56. The van der Waals surface area contributed by atoms with Crippen LogP contribution in [-0.2, 0) is 4.79 Å². The molecule has 1 aromatic carbocycles. The monoisotopic (exact) mass is 244 g/mol. The van der Waals surface area contributed by atoms with Crippen molar-refractivity contribution in [2.24, 2.45) is 0 Å². The molecule has 0 spiro atoms. The molecule has 92 valence electrons. The number of carbonyl (C=O) groups excluding carboxylic acids is 1. The molecule has 0 unspecified atom stereocenters. The second-order valence-corrected chi connectivity index (χ2v) is 3.18. The predicted molar refractivity (Wildman–Crippen MR) is 55.6 cm³/mol. The summed E-state index contributed by atoms with van der Waals surface area (Å²) in [4.78, 5) is 21.3. The van der Waals surface area contributed by atoms with Crippen molar-refractivity contribution in [3.8, 4) is 0 Å². The first-order chi connectivity index (χ1) is 7.97. The minimum absolute atomic E-state index is 0.0460. The van der Waals surface area contributed by atoms with Gasteiger partial charge < -0.3 is 15.7 Å². The first-order valence-electron chi connectivity index (χ1n) is 4.70. The van der Waals surface area contributed by atoms with E-state index in [1.54, 1.807) is 0 Å². The van der Waals surface area contributed by atoms with Gasteiger partial charge in [-0.05, 0) is 12.1 Å². The normalized spacial score (nSPS) is 9.76. The quantitative estimate of drug-likeness (QED) is 0.752. The van der Waals surface area contributed by atoms with Crippen molar-refractivity contribution in [3.63, 3.8) is 0 Å². The molecule has 3 N–H and O–H groups in total. The molecule has 0 aromatic heterocycles. The maximum Gasteiger partial charge on any atom is 0.319 e. The lowest BCUT2D eigenvalue weighted by Crippen LogP contribution is -2.30. The molecule has 7 heteroatoms. The Bertz CT molecular complexity index is 417. The van der Waals surface area contributed by atoms with Crippen LogP contribution in [0.25, 0.3) is 0 Å². The van der Waals surface area contributed by atoms with Crippen molar-refractivity contribution in [1.82, 2.24) is 5.32 Å². The van der Waals surface area contributed by atoms with Crippen molar-refractivity contribution in [2.75, 3.05) is 11.9 Å². The number of aliphatic carboxylic acids is 1. The zero-order valence-corrected chi connectivity index (χ0v) is 8.67. The highest BCUT2D eigenvalue weighted by Gasteiger charge is 2.05. The fourth-order valence-electron chi connectivity index (χ4n) is 1.08. The summed E-state index contributed by atoms with van der Waals surface area (Å²) >= 11 is 0. The van der Waals surface area contributed by atoms with Gasteiger partial charge >= 0.3 is 12.0 Å². The van der Waals surface area contributed by atoms with Crippen LogP contribution in [0, 0.1) is 11.6 Å². The third-order valence-electron chi connectivity index (χ3n) is 1.74. The number of benzene rings is 1. The average Bonchev–Trinajstić information content (AvgIpc) is 2.14. The summed E-state index contributed by atoms with van der Waals surface area (Å²) in [7, 11) is 0. The molecule has 0 saturated heterocycles. The van der Waals surface area contributed by atoms with Crippen molar-refractivity contribution in [1.29, 1.82) is 0 Å². The highest BCUT2D eigenvalue weighted by molar-refractivity contribution is 5.89. The van der Waals surface area contributed by atoms with Crippen LogP contribution in [0.3, 0.4) is 0 Å². The molecule has 5 nitrogen and oxygen atoms in total. The number of carboxylic acid groups (broad SMARTS) is 1. The van der Waals surface area contributed by atoms with Crippen LogP contribution in [0.2, 0.25) is 0 Å². The van der Waals surface area contributed by atoms with E-state index in [-0.39, 0.29) is 18.7 Å². The topological polar surface area (TPSA) is 78.4 Å². The van der Waals surface area contributed by atoms with Crippen molar-refractivity contribution < 1.29 is 23.5 Å². The van der Waals surface area contributed by atoms with E-state index in [0.717, 1.165) is 12.1 Å². The lowest BCUT2D eigenvalue weighted by molar-refractivity contribution is -0.136. The number of hydrogen-bond donors (Lipinski definition) is 3. The van der Waals surface area contributed by atoms with E-state index in [1.807, 2.05) is 0 Å². The Hall–Kier alpha value is -2.18. The van der Waals surface area contributed by atoms with Gasteiger partial charge in [-0.3, -0.25) is 4.79 Å². The van der Waals surface area contributed by atoms with Gasteiger partial charge in [-0.15, -0.1) is 0 Å². The number of anilines is 1. The van der Waals surface area contributed by atoms with Crippen LogP contribution in [0.4, 0.5) is 19.3 Å². The summed E-state index contributed by atoms with van der Waals surface area (Å²) in [6, 6.07) is 1.84.